The van der Waals surface area contributed by atoms with Crippen LogP contribution in [0.5, 0.6) is 11.5 Å². The Morgan fingerprint density at radius 2 is 1.10 bits per heavy atom. The lowest BCUT2D eigenvalue weighted by atomic mass is 9.83. The fourth-order valence-electron chi connectivity index (χ4n) is 4.41. The van der Waals surface area contributed by atoms with Gasteiger partial charge in [-0.2, -0.15) is 0 Å². The molecule has 0 aliphatic heterocycles. The number of hydrogen-bond donors (Lipinski definition) is 0. The predicted molar refractivity (Wildman–Crippen MR) is 115 cm³/mol. The van der Waals surface area contributed by atoms with Crippen LogP contribution in [0.25, 0.3) is 0 Å². The third-order valence-electron chi connectivity index (χ3n) is 6.89. The van der Waals surface area contributed by atoms with Crippen LogP contribution >= 0.6 is 0 Å². The Morgan fingerprint density at radius 3 is 1.52 bits per heavy atom. The van der Waals surface area contributed by atoms with Crippen LogP contribution in [-0.2, 0) is 35.3 Å². The summed E-state index contributed by atoms with van der Waals surface area (Å²) in [7, 11) is 0. The zero-order valence-electron chi connectivity index (χ0n) is 17.9. The van der Waals surface area contributed by atoms with Crippen molar-refractivity contribution in [3.05, 3.63) is 58.7 Å². The number of rotatable bonds is 2. The summed E-state index contributed by atoms with van der Waals surface area (Å²) in [6.45, 7) is 8.16. The average Bonchev–Trinajstić information content (AvgIpc) is 2.85. The third kappa shape index (κ3) is 3.75. The first kappa shape index (κ1) is 19.9. The van der Waals surface area contributed by atoms with Crippen molar-refractivity contribution in [1.82, 2.24) is 0 Å². The smallest absolute Gasteiger partial charge is 0.142 e. The highest BCUT2D eigenvalue weighted by Crippen LogP contribution is 2.40. The number of benzene rings is 2. The summed E-state index contributed by atoms with van der Waals surface area (Å²) < 4.78 is 6.47. The molecule has 3 heteroatoms. The first-order valence-electron chi connectivity index (χ1n) is 10.6. The van der Waals surface area contributed by atoms with Crippen LogP contribution in [0.2, 0.25) is 0 Å². The Hall–Kier alpha value is -2.42. The van der Waals surface area contributed by atoms with Crippen molar-refractivity contribution in [2.75, 3.05) is 0 Å². The Kier molecular flexibility index (Phi) is 4.88. The molecule has 0 aromatic heterocycles. The first-order valence-corrected chi connectivity index (χ1v) is 10.6. The van der Waals surface area contributed by atoms with Gasteiger partial charge in [0.1, 0.15) is 23.1 Å². The van der Waals surface area contributed by atoms with E-state index in [0.717, 1.165) is 59.4 Å². The van der Waals surface area contributed by atoms with E-state index in [-0.39, 0.29) is 10.8 Å². The van der Waals surface area contributed by atoms with E-state index in [9.17, 15) is 9.59 Å². The standard InChI is InChI=1S/C26H30O3/c1-25(2)13-11-19-17(15-23(25)27)7-5-9-21(19)29-22-10-6-8-18-16-24(28)26(3,4)14-12-20(18)22/h5-10H,11-16H2,1-4H3. The minimum absolute atomic E-state index is 0.294. The summed E-state index contributed by atoms with van der Waals surface area (Å²) >= 11 is 0. The lowest BCUT2D eigenvalue weighted by molar-refractivity contribution is -0.127. The van der Waals surface area contributed by atoms with Gasteiger partial charge < -0.3 is 4.74 Å². The van der Waals surface area contributed by atoms with Crippen LogP contribution in [0.3, 0.4) is 0 Å². The van der Waals surface area contributed by atoms with Crippen LogP contribution in [-0.4, -0.2) is 11.6 Å². The zero-order chi connectivity index (χ0) is 20.8. The van der Waals surface area contributed by atoms with Gasteiger partial charge >= 0.3 is 0 Å². The molecule has 0 fully saturated rings. The molecule has 2 aromatic carbocycles. The van der Waals surface area contributed by atoms with Crippen LogP contribution in [0.1, 0.15) is 62.8 Å². The van der Waals surface area contributed by atoms with Gasteiger partial charge in [-0.1, -0.05) is 52.0 Å². The molecule has 2 aliphatic carbocycles. The summed E-state index contributed by atoms with van der Waals surface area (Å²) in [6.07, 6.45) is 4.27. The molecule has 0 bridgehead atoms. The van der Waals surface area contributed by atoms with E-state index in [2.05, 4.69) is 0 Å². The molecule has 0 amide bonds. The number of fused-ring (bicyclic) bond motifs is 2. The molecule has 0 atom stereocenters. The lowest BCUT2D eigenvalue weighted by Gasteiger charge is -2.20. The van der Waals surface area contributed by atoms with Crippen molar-refractivity contribution in [2.24, 2.45) is 10.8 Å². The third-order valence-corrected chi connectivity index (χ3v) is 6.89. The van der Waals surface area contributed by atoms with Crippen LogP contribution in [0, 0.1) is 10.8 Å². The minimum Gasteiger partial charge on any atom is -0.457 e. The van der Waals surface area contributed by atoms with E-state index in [1.54, 1.807) is 0 Å². The maximum absolute atomic E-state index is 12.6. The SMILES string of the molecule is CC1(C)CCc2c(cccc2Oc2cccc3c2CCC(C)(C)C(=O)C3)CC1=O. The molecule has 152 valence electrons. The predicted octanol–water partition coefficient (Wildman–Crippen LogP) is 5.65. The van der Waals surface area contributed by atoms with E-state index < -0.39 is 0 Å². The molecule has 0 radical (unpaired) electrons. The van der Waals surface area contributed by atoms with Gasteiger partial charge in [-0.3, -0.25) is 9.59 Å². The van der Waals surface area contributed by atoms with Crippen molar-refractivity contribution in [3.63, 3.8) is 0 Å². The quantitative estimate of drug-likeness (QED) is 0.623. The molecule has 0 spiro atoms. The normalized spacial score (nSPS) is 20.3. The van der Waals surface area contributed by atoms with Crippen molar-refractivity contribution < 1.29 is 14.3 Å². The Morgan fingerprint density at radius 1 is 0.690 bits per heavy atom. The van der Waals surface area contributed by atoms with Gasteiger partial charge in [0.2, 0.25) is 0 Å². The monoisotopic (exact) mass is 390 g/mol. The summed E-state index contributed by atoms with van der Waals surface area (Å²) in [6, 6.07) is 12.1. The highest BCUT2D eigenvalue weighted by molar-refractivity contribution is 5.88. The van der Waals surface area contributed by atoms with Gasteiger partial charge in [0.05, 0.1) is 0 Å². The van der Waals surface area contributed by atoms with Crippen LogP contribution in [0.4, 0.5) is 0 Å². The molecule has 29 heavy (non-hydrogen) atoms. The highest BCUT2D eigenvalue weighted by atomic mass is 16.5. The van der Waals surface area contributed by atoms with E-state index in [1.165, 1.54) is 0 Å². The van der Waals surface area contributed by atoms with Crippen LogP contribution < -0.4 is 4.74 Å². The Bertz CT molecular complexity index is 902. The molecule has 0 saturated heterocycles. The topological polar surface area (TPSA) is 43.4 Å². The molecule has 2 aromatic rings. The first-order chi connectivity index (χ1) is 13.7. The summed E-state index contributed by atoms with van der Waals surface area (Å²) in [5, 5.41) is 0. The van der Waals surface area contributed by atoms with Crippen molar-refractivity contribution in [2.45, 2.75) is 66.2 Å². The minimum atomic E-state index is -0.300. The van der Waals surface area contributed by atoms with Gasteiger partial charge in [0.25, 0.3) is 0 Å². The largest absolute Gasteiger partial charge is 0.457 e. The van der Waals surface area contributed by atoms with E-state index in [4.69, 9.17) is 4.74 Å². The fourth-order valence-corrected chi connectivity index (χ4v) is 4.41. The van der Waals surface area contributed by atoms with Gasteiger partial charge in [-0.15, -0.1) is 0 Å². The van der Waals surface area contributed by atoms with Gasteiger partial charge in [0, 0.05) is 23.7 Å². The summed E-state index contributed by atoms with van der Waals surface area (Å²) in [5.41, 5.74) is 3.86. The number of carbonyl (C=O) groups excluding carboxylic acids is 2. The maximum Gasteiger partial charge on any atom is 0.142 e. The molecule has 0 unspecified atom stereocenters. The van der Waals surface area contributed by atoms with Gasteiger partial charge in [-0.05, 0) is 60.1 Å². The molecule has 0 N–H and O–H groups in total. The summed E-state index contributed by atoms with van der Waals surface area (Å²) in [5.74, 6) is 2.28. The number of ketones is 2. The van der Waals surface area contributed by atoms with E-state index in [0.29, 0.717) is 24.4 Å². The number of Topliss-reactive ketones (excluding diaryl/α,β-unsaturated/α-hetero) is 2. The fraction of sp³-hybridized carbons (Fsp3) is 0.462. The Balaban J connectivity index is 1.70. The van der Waals surface area contributed by atoms with Gasteiger partial charge in [0.15, 0.2) is 0 Å². The molecular formula is C26H30O3. The second-order valence-electron chi connectivity index (χ2n) is 9.86. The van der Waals surface area contributed by atoms with E-state index >= 15 is 0 Å². The molecule has 4 rings (SSSR count). The second kappa shape index (κ2) is 7.12. The highest BCUT2D eigenvalue weighted by Gasteiger charge is 2.33. The van der Waals surface area contributed by atoms with E-state index in [1.807, 2.05) is 64.1 Å². The molecular weight excluding hydrogens is 360 g/mol. The maximum atomic E-state index is 12.6. The molecule has 0 saturated carbocycles. The molecule has 0 heterocycles. The molecule has 2 aliphatic rings. The zero-order valence-corrected chi connectivity index (χ0v) is 17.9. The second-order valence-corrected chi connectivity index (χ2v) is 9.86. The van der Waals surface area contributed by atoms with Crippen molar-refractivity contribution >= 4 is 11.6 Å². The van der Waals surface area contributed by atoms with Gasteiger partial charge in [-0.25, -0.2) is 0 Å². The summed E-state index contributed by atoms with van der Waals surface area (Å²) in [4.78, 5) is 25.2. The number of hydrogen-bond acceptors (Lipinski definition) is 3. The van der Waals surface area contributed by atoms with Crippen LogP contribution in [0.15, 0.2) is 36.4 Å². The number of carbonyl (C=O) groups is 2. The Labute approximate surface area is 173 Å². The van der Waals surface area contributed by atoms with Crippen molar-refractivity contribution in [1.29, 1.82) is 0 Å². The molecule has 3 nitrogen and oxygen atoms in total. The number of ether oxygens (including phenoxy) is 1. The lowest BCUT2D eigenvalue weighted by Crippen LogP contribution is -2.24. The van der Waals surface area contributed by atoms with Crippen molar-refractivity contribution in [3.8, 4) is 11.5 Å². The average molecular weight is 391 g/mol.